The van der Waals surface area contributed by atoms with Crippen LogP contribution in [0.3, 0.4) is 0 Å². The smallest absolute Gasteiger partial charge is 0.303 e. The zero-order valence-corrected chi connectivity index (χ0v) is 13.4. The van der Waals surface area contributed by atoms with Crippen LogP contribution in [0.2, 0.25) is 0 Å². The minimum Gasteiger partial charge on any atom is -0.481 e. The van der Waals surface area contributed by atoms with Gasteiger partial charge < -0.3 is 15.1 Å². The minimum absolute atomic E-state index is 0.0873. The van der Waals surface area contributed by atoms with Gasteiger partial charge in [0, 0.05) is 32.5 Å². The quantitative estimate of drug-likeness (QED) is 0.484. The molecule has 0 aliphatic rings. The molecule has 0 spiro atoms. The Morgan fingerprint density at radius 3 is 2.10 bits per heavy atom. The molecule has 0 aliphatic carbocycles. The van der Waals surface area contributed by atoms with Crippen LogP contribution in [0.15, 0.2) is 0 Å². The molecular weight excluding hydrogens is 270 g/mol. The molecular formula is C16H31NO4. The van der Waals surface area contributed by atoms with Gasteiger partial charge >= 0.3 is 5.97 Å². The van der Waals surface area contributed by atoms with E-state index in [1.807, 2.05) is 4.90 Å². The van der Waals surface area contributed by atoms with Crippen LogP contribution in [0.4, 0.5) is 0 Å². The number of aliphatic carboxylic acids is 1. The van der Waals surface area contributed by atoms with Crippen molar-refractivity contribution in [3.8, 4) is 0 Å². The van der Waals surface area contributed by atoms with Crippen LogP contribution in [0, 0.1) is 0 Å². The Balaban J connectivity index is 3.95. The zero-order valence-electron chi connectivity index (χ0n) is 13.4. The third kappa shape index (κ3) is 12.4. The number of carboxylic acid groups (broad SMARTS) is 1. The van der Waals surface area contributed by atoms with Crippen molar-refractivity contribution < 1.29 is 19.8 Å². The van der Waals surface area contributed by atoms with E-state index in [0.29, 0.717) is 32.2 Å². The molecule has 21 heavy (non-hydrogen) atoms. The van der Waals surface area contributed by atoms with Crippen molar-refractivity contribution in [1.29, 1.82) is 0 Å². The van der Waals surface area contributed by atoms with Gasteiger partial charge in [-0.3, -0.25) is 9.59 Å². The predicted octanol–water partition coefficient (Wildman–Crippen LogP) is 2.81. The number of carboxylic acids is 1. The number of nitrogens with zero attached hydrogens (tertiary/aromatic N) is 1. The molecule has 1 amide bonds. The Morgan fingerprint density at radius 1 is 0.857 bits per heavy atom. The molecule has 5 heteroatoms. The molecule has 0 aromatic rings. The van der Waals surface area contributed by atoms with E-state index in [2.05, 4.69) is 6.92 Å². The number of hydrogen-bond donors (Lipinski definition) is 2. The Bertz CT molecular complexity index is 281. The Labute approximate surface area is 128 Å². The van der Waals surface area contributed by atoms with Gasteiger partial charge in [-0.25, -0.2) is 0 Å². The molecule has 0 fully saturated rings. The van der Waals surface area contributed by atoms with Gasteiger partial charge in [0.05, 0.1) is 0 Å². The first-order valence-corrected chi connectivity index (χ1v) is 8.22. The van der Waals surface area contributed by atoms with Crippen LogP contribution in [0.5, 0.6) is 0 Å². The van der Waals surface area contributed by atoms with Crippen LogP contribution >= 0.6 is 0 Å². The lowest BCUT2D eigenvalue weighted by Gasteiger charge is -2.22. The lowest BCUT2D eigenvalue weighted by molar-refractivity contribution is -0.137. The van der Waals surface area contributed by atoms with E-state index in [9.17, 15) is 9.59 Å². The third-order valence-electron chi connectivity index (χ3n) is 3.50. The monoisotopic (exact) mass is 301 g/mol. The highest BCUT2D eigenvalue weighted by Gasteiger charge is 2.12. The maximum absolute atomic E-state index is 12.1. The van der Waals surface area contributed by atoms with E-state index in [-0.39, 0.29) is 18.9 Å². The zero-order chi connectivity index (χ0) is 15.9. The molecule has 0 atom stereocenters. The number of carbonyl (C=O) groups excluding carboxylic acids is 1. The largest absolute Gasteiger partial charge is 0.481 e. The Morgan fingerprint density at radius 2 is 1.48 bits per heavy atom. The van der Waals surface area contributed by atoms with Crippen LogP contribution in [0.1, 0.15) is 71.1 Å². The number of amides is 1. The predicted molar refractivity (Wildman–Crippen MR) is 83.1 cm³/mol. The first kappa shape index (κ1) is 19.9. The maximum Gasteiger partial charge on any atom is 0.303 e. The summed E-state index contributed by atoms with van der Waals surface area (Å²) in [5.74, 6) is -0.722. The fraction of sp³-hybridized carbons (Fsp3) is 0.875. The molecule has 0 aromatic carbocycles. The fourth-order valence-corrected chi connectivity index (χ4v) is 2.24. The van der Waals surface area contributed by atoms with Crippen LogP contribution < -0.4 is 0 Å². The first-order valence-electron chi connectivity index (χ1n) is 8.22. The fourth-order valence-electron chi connectivity index (χ4n) is 2.24. The maximum atomic E-state index is 12.1. The summed E-state index contributed by atoms with van der Waals surface area (Å²) in [6, 6.07) is 0. The van der Waals surface area contributed by atoms with Crippen molar-refractivity contribution in [3.63, 3.8) is 0 Å². The second-order valence-electron chi connectivity index (χ2n) is 5.47. The lowest BCUT2D eigenvalue weighted by Crippen LogP contribution is -2.33. The molecule has 0 saturated carbocycles. The van der Waals surface area contributed by atoms with Crippen LogP contribution in [0.25, 0.3) is 0 Å². The van der Waals surface area contributed by atoms with Gasteiger partial charge in [0.15, 0.2) is 0 Å². The van der Waals surface area contributed by atoms with E-state index in [1.54, 1.807) is 0 Å². The lowest BCUT2D eigenvalue weighted by atomic mass is 10.1. The standard InChI is InChI=1S/C16H31NO4/c1-2-3-4-5-8-12-17(13-9-14-18)15(19)10-6-7-11-16(20)21/h18H,2-14H2,1H3,(H,20,21). The second-order valence-corrected chi connectivity index (χ2v) is 5.47. The highest BCUT2D eigenvalue weighted by Crippen LogP contribution is 2.08. The van der Waals surface area contributed by atoms with Gasteiger partial charge in [0.25, 0.3) is 0 Å². The topological polar surface area (TPSA) is 77.8 Å². The summed E-state index contributed by atoms with van der Waals surface area (Å²) in [5, 5.41) is 17.5. The Hall–Kier alpha value is -1.10. The molecule has 0 aliphatic heterocycles. The number of aliphatic hydroxyl groups is 1. The first-order chi connectivity index (χ1) is 10.1. The molecule has 0 heterocycles. The second kappa shape index (κ2) is 13.9. The summed E-state index contributed by atoms with van der Waals surface area (Å²) >= 11 is 0. The molecule has 0 rings (SSSR count). The van der Waals surface area contributed by atoms with Gasteiger partial charge in [-0.2, -0.15) is 0 Å². The van der Waals surface area contributed by atoms with Gasteiger partial charge in [-0.15, -0.1) is 0 Å². The molecule has 0 aromatic heterocycles. The Kier molecular flexibility index (Phi) is 13.1. The van der Waals surface area contributed by atoms with Gasteiger partial charge in [0.1, 0.15) is 0 Å². The van der Waals surface area contributed by atoms with E-state index < -0.39 is 5.97 Å². The van der Waals surface area contributed by atoms with Crippen molar-refractivity contribution in [2.24, 2.45) is 0 Å². The van der Waals surface area contributed by atoms with Gasteiger partial charge in [-0.05, 0) is 25.7 Å². The average molecular weight is 301 g/mol. The van der Waals surface area contributed by atoms with Crippen molar-refractivity contribution in [1.82, 2.24) is 4.90 Å². The highest BCUT2D eigenvalue weighted by molar-refractivity contribution is 5.76. The molecule has 0 saturated heterocycles. The molecule has 0 radical (unpaired) electrons. The van der Waals surface area contributed by atoms with Crippen molar-refractivity contribution in [3.05, 3.63) is 0 Å². The number of aliphatic hydroxyl groups excluding tert-OH is 1. The SMILES string of the molecule is CCCCCCCN(CCCO)C(=O)CCCCC(=O)O. The normalized spacial score (nSPS) is 10.6. The van der Waals surface area contributed by atoms with Crippen LogP contribution in [-0.2, 0) is 9.59 Å². The van der Waals surface area contributed by atoms with E-state index >= 15 is 0 Å². The summed E-state index contributed by atoms with van der Waals surface area (Å²) in [6.45, 7) is 3.62. The average Bonchev–Trinajstić information content (AvgIpc) is 2.46. The van der Waals surface area contributed by atoms with Crippen molar-refractivity contribution in [2.75, 3.05) is 19.7 Å². The summed E-state index contributed by atoms with van der Waals surface area (Å²) in [7, 11) is 0. The van der Waals surface area contributed by atoms with E-state index in [0.717, 1.165) is 19.4 Å². The van der Waals surface area contributed by atoms with E-state index in [1.165, 1.54) is 19.3 Å². The molecule has 0 bridgehead atoms. The van der Waals surface area contributed by atoms with Crippen molar-refractivity contribution in [2.45, 2.75) is 71.1 Å². The third-order valence-corrected chi connectivity index (χ3v) is 3.50. The molecule has 5 nitrogen and oxygen atoms in total. The number of rotatable bonds is 14. The van der Waals surface area contributed by atoms with Crippen LogP contribution in [-0.4, -0.2) is 46.7 Å². The number of unbranched alkanes of at least 4 members (excludes halogenated alkanes) is 5. The van der Waals surface area contributed by atoms with Gasteiger partial charge in [0.2, 0.25) is 5.91 Å². The molecule has 0 unspecified atom stereocenters. The number of hydrogen-bond acceptors (Lipinski definition) is 3. The van der Waals surface area contributed by atoms with Crippen molar-refractivity contribution >= 4 is 11.9 Å². The van der Waals surface area contributed by atoms with E-state index in [4.69, 9.17) is 10.2 Å². The molecule has 124 valence electrons. The van der Waals surface area contributed by atoms with Gasteiger partial charge in [-0.1, -0.05) is 32.6 Å². The molecule has 2 N–H and O–H groups in total. The number of carbonyl (C=O) groups is 2. The summed E-state index contributed by atoms with van der Waals surface area (Å²) in [6.07, 6.45) is 8.10. The highest BCUT2D eigenvalue weighted by atomic mass is 16.4. The summed E-state index contributed by atoms with van der Waals surface area (Å²) in [4.78, 5) is 24.4. The minimum atomic E-state index is -0.810. The summed E-state index contributed by atoms with van der Waals surface area (Å²) < 4.78 is 0. The summed E-state index contributed by atoms with van der Waals surface area (Å²) in [5.41, 5.74) is 0.